The highest BCUT2D eigenvalue weighted by molar-refractivity contribution is 5.89. The van der Waals surface area contributed by atoms with Crippen LogP contribution in [0.3, 0.4) is 0 Å². The highest BCUT2D eigenvalue weighted by atomic mass is 16.4. The third kappa shape index (κ3) is 4.44. The van der Waals surface area contributed by atoms with Gasteiger partial charge in [0.05, 0.1) is 5.92 Å². The lowest BCUT2D eigenvalue weighted by Gasteiger charge is -2.38. The fraction of sp³-hybridized carbons (Fsp3) is 0.800. The first-order valence-corrected chi connectivity index (χ1v) is 7.38. The van der Waals surface area contributed by atoms with Crippen LogP contribution in [0.1, 0.15) is 47.5 Å². The number of carbonyl (C=O) groups excluding carboxylic acids is 2. The van der Waals surface area contributed by atoms with Crippen LogP contribution in [0.5, 0.6) is 0 Å². The summed E-state index contributed by atoms with van der Waals surface area (Å²) in [5.41, 5.74) is -0.545. The lowest BCUT2D eigenvalue weighted by atomic mass is 9.91. The van der Waals surface area contributed by atoms with Gasteiger partial charge in [-0.25, -0.2) is 0 Å². The average Bonchev–Trinajstić information content (AvgIpc) is 2.36. The molecule has 0 saturated carbocycles. The van der Waals surface area contributed by atoms with Crippen LogP contribution in [0.2, 0.25) is 0 Å². The minimum absolute atomic E-state index is 0.124. The van der Waals surface area contributed by atoms with Gasteiger partial charge >= 0.3 is 5.97 Å². The molecule has 6 nitrogen and oxygen atoms in total. The lowest BCUT2D eigenvalue weighted by Crippen LogP contribution is -2.54. The normalized spacial score (nSPS) is 24.3. The van der Waals surface area contributed by atoms with Gasteiger partial charge in [-0.1, -0.05) is 20.8 Å². The fourth-order valence-corrected chi connectivity index (χ4v) is 2.45. The van der Waals surface area contributed by atoms with E-state index in [4.69, 9.17) is 5.11 Å². The van der Waals surface area contributed by atoms with Crippen molar-refractivity contribution in [1.82, 2.24) is 10.2 Å². The summed E-state index contributed by atoms with van der Waals surface area (Å²) in [6.07, 6.45) is 0.923. The number of piperidine rings is 1. The number of rotatable bonds is 3. The Bertz CT molecular complexity index is 428. The van der Waals surface area contributed by atoms with E-state index in [0.29, 0.717) is 19.4 Å². The van der Waals surface area contributed by atoms with E-state index in [1.54, 1.807) is 32.6 Å². The molecule has 1 aliphatic rings. The molecule has 2 N–H and O–H groups in total. The Morgan fingerprint density at radius 2 is 1.86 bits per heavy atom. The van der Waals surface area contributed by atoms with Crippen molar-refractivity contribution in [3.05, 3.63) is 0 Å². The summed E-state index contributed by atoms with van der Waals surface area (Å²) in [4.78, 5) is 37.0. The topological polar surface area (TPSA) is 86.7 Å². The molecule has 1 aliphatic heterocycles. The summed E-state index contributed by atoms with van der Waals surface area (Å²) >= 11 is 0. The summed E-state index contributed by atoms with van der Waals surface area (Å²) < 4.78 is 0. The number of carboxylic acid groups (broad SMARTS) is 1. The van der Waals surface area contributed by atoms with Gasteiger partial charge in [-0.2, -0.15) is 0 Å². The zero-order valence-electron chi connectivity index (χ0n) is 13.5. The molecule has 1 saturated heterocycles. The van der Waals surface area contributed by atoms with Gasteiger partial charge in [-0.05, 0) is 26.7 Å². The maximum absolute atomic E-state index is 12.4. The van der Waals surface area contributed by atoms with E-state index < -0.39 is 17.4 Å². The SMILES string of the molecule is CC(NC(=O)C(C)(C)C)C(=O)N1CCC(C(=O)O)CC1C. The van der Waals surface area contributed by atoms with Crippen molar-refractivity contribution >= 4 is 17.8 Å². The Labute approximate surface area is 125 Å². The van der Waals surface area contributed by atoms with Crippen molar-refractivity contribution in [1.29, 1.82) is 0 Å². The second-order valence-corrected chi connectivity index (χ2v) is 6.89. The lowest BCUT2D eigenvalue weighted by molar-refractivity contribution is -0.148. The Hall–Kier alpha value is -1.59. The van der Waals surface area contributed by atoms with Crippen LogP contribution in [0.15, 0.2) is 0 Å². The molecule has 0 radical (unpaired) electrons. The fourth-order valence-electron chi connectivity index (χ4n) is 2.45. The number of hydrogen-bond acceptors (Lipinski definition) is 3. The molecule has 2 amide bonds. The summed E-state index contributed by atoms with van der Waals surface area (Å²) in [5, 5.41) is 11.8. The van der Waals surface area contributed by atoms with E-state index in [9.17, 15) is 14.4 Å². The largest absolute Gasteiger partial charge is 0.481 e. The zero-order chi connectivity index (χ0) is 16.4. The first-order valence-electron chi connectivity index (χ1n) is 7.38. The smallest absolute Gasteiger partial charge is 0.306 e. The number of aliphatic carboxylic acids is 1. The molecule has 0 aromatic rings. The van der Waals surface area contributed by atoms with Crippen molar-refractivity contribution in [2.24, 2.45) is 11.3 Å². The molecular weight excluding hydrogens is 272 g/mol. The molecule has 1 fully saturated rings. The zero-order valence-corrected chi connectivity index (χ0v) is 13.5. The molecule has 3 atom stereocenters. The van der Waals surface area contributed by atoms with Gasteiger partial charge in [0.2, 0.25) is 11.8 Å². The molecule has 1 heterocycles. The van der Waals surface area contributed by atoms with Crippen LogP contribution in [0.25, 0.3) is 0 Å². The monoisotopic (exact) mass is 298 g/mol. The number of nitrogens with zero attached hydrogens (tertiary/aromatic N) is 1. The Morgan fingerprint density at radius 1 is 1.29 bits per heavy atom. The van der Waals surface area contributed by atoms with Crippen LogP contribution in [-0.4, -0.2) is 46.4 Å². The van der Waals surface area contributed by atoms with E-state index in [0.717, 1.165) is 0 Å². The highest BCUT2D eigenvalue weighted by Crippen LogP contribution is 2.23. The molecule has 0 aromatic heterocycles. The van der Waals surface area contributed by atoms with Gasteiger partial charge in [0, 0.05) is 18.0 Å². The molecule has 0 aromatic carbocycles. The number of likely N-dealkylation sites (tertiary alicyclic amines) is 1. The van der Waals surface area contributed by atoms with Crippen LogP contribution < -0.4 is 5.32 Å². The van der Waals surface area contributed by atoms with Gasteiger partial charge in [0.1, 0.15) is 6.04 Å². The summed E-state index contributed by atoms with van der Waals surface area (Å²) in [6.45, 7) is 9.32. The van der Waals surface area contributed by atoms with Crippen molar-refractivity contribution in [3.8, 4) is 0 Å². The maximum atomic E-state index is 12.4. The van der Waals surface area contributed by atoms with Crippen LogP contribution >= 0.6 is 0 Å². The molecule has 21 heavy (non-hydrogen) atoms. The number of hydrogen-bond donors (Lipinski definition) is 2. The quantitative estimate of drug-likeness (QED) is 0.821. The van der Waals surface area contributed by atoms with Crippen molar-refractivity contribution in [3.63, 3.8) is 0 Å². The molecule has 0 spiro atoms. The highest BCUT2D eigenvalue weighted by Gasteiger charge is 2.35. The predicted octanol–water partition coefficient (Wildman–Crippen LogP) is 1.25. The molecular formula is C15H26N2O4. The van der Waals surface area contributed by atoms with Crippen molar-refractivity contribution in [2.45, 2.75) is 59.5 Å². The van der Waals surface area contributed by atoms with Gasteiger partial charge < -0.3 is 15.3 Å². The maximum Gasteiger partial charge on any atom is 0.306 e. The first kappa shape index (κ1) is 17.5. The summed E-state index contributed by atoms with van der Waals surface area (Å²) in [7, 11) is 0. The van der Waals surface area contributed by atoms with E-state index >= 15 is 0 Å². The first-order chi connectivity index (χ1) is 9.54. The van der Waals surface area contributed by atoms with Crippen LogP contribution in [0.4, 0.5) is 0 Å². The molecule has 1 rings (SSSR count). The molecule has 120 valence electrons. The number of amides is 2. The second-order valence-electron chi connectivity index (χ2n) is 6.89. The standard InChI is InChI=1S/C15H26N2O4/c1-9-8-11(13(19)20)6-7-17(9)12(18)10(2)16-14(21)15(3,4)5/h9-11H,6-8H2,1-5H3,(H,16,21)(H,19,20). The van der Waals surface area contributed by atoms with E-state index in [1.807, 2.05) is 6.92 Å². The predicted molar refractivity (Wildman–Crippen MR) is 78.6 cm³/mol. The molecule has 0 bridgehead atoms. The van der Waals surface area contributed by atoms with E-state index in [2.05, 4.69) is 5.32 Å². The third-order valence-corrected chi connectivity index (χ3v) is 3.91. The van der Waals surface area contributed by atoms with Gasteiger partial charge in [0.15, 0.2) is 0 Å². The summed E-state index contributed by atoms with van der Waals surface area (Å²) in [5.74, 6) is -1.51. The van der Waals surface area contributed by atoms with Crippen molar-refractivity contribution in [2.75, 3.05) is 6.54 Å². The Morgan fingerprint density at radius 3 is 2.29 bits per heavy atom. The summed E-state index contributed by atoms with van der Waals surface area (Å²) in [6, 6.07) is -0.720. The Kier molecular flexibility index (Phi) is 5.36. The molecule has 0 aliphatic carbocycles. The van der Waals surface area contributed by atoms with Crippen LogP contribution in [-0.2, 0) is 14.4 Å². The van der Waals surface area contributed by atoms with Gasteiger partial charge in [0.25, 0.3) is 0 Å². The second kappa shape index (κ2) is 6.45. The number of carbonyl (C=O) groups is 3. The molecule has 6 heteroatoms. The minimum Gasteiger partial charge on any atom is -0.481 e. The van der Waals surface area contributed by atoms with Gasteiger partial charge in [-0.3, -0.25) is 14.4 Å². The minimum atomic E-state index is -0.803. The molecule has 3 unspecified atom stereocenters. The van der Waals surface area contributed by atoms with E-state index in [1.165, 1.54) is 0 Å². The Balaban J connectivity index is 2.63. The van der Waals surface area contributed by atoms with E-state index in [-0.39, 0.29) is 23.8 Å². The average molecular weight is 298 g/mol. The number of carboxylic acids is 1. The van der Waals surface area contributed by atoms with Crippen molar-refractivity contribution < 1.29 is 19.5 Å². The van der Waals surface area contributed by atoms with Gasteiger partial charge in [-0.15, -0.1) is 0 Å². The third-order valence-electron chi connectivity index (χ3n) is 3.91. The number of nitrogens with one attached hydrogen (secondary N) is 1. The van der Waals surface area contributed by atoms with Crippen LogP contribution in [0, 0.1) is 11.3 Å².